The fourth-order valence-electron chi connectivity index (χ4n) is 1.67. The molecule has 5 heteroatoms. The third-order valence-electron chi connectivity index (χ3n) is 2.78. The predicted molar refractivity (Wildman–Crippen MR) is 72.2 cm³/mol. The van der Waals surface area contributed by atoms with Gasteiger partial charge in [-0.15, -0.1) is 11.6 Å². The second-order valence-corrected chi connectivity index (χ2v) is 4.69. The van der Waals surface area contributed by atoms with Gasteiger partial charge in [0, 0.05) is 31.5 Å². The molecule has 0 bridgehead atoms. The molecule has 0 saturated carbocycles. The van der Waals surface area contributed by atoms with Crippen molar-refractivity contribution in [2.45, 2.75) is 25.8 Å². The lowest BCUT2D eigenvalue weighted by molar-refractivity contribution is -0.130. The smallest absolute Gasteiger partial charge is 0.222 e. The van der Waals surface area contributed by atoms with Crippen molar-refractivity contribution in [1.29, 1.82) is 5.26 Å². The van der Waals surface area contributed by atoms with Crippen molar-refractivity contribution in [2.75, 3.05) is 12.9 Å². The van der Waals surface area contributed by atoms with Crippen LogP contribution in [-0.4, -0.2) is 23.7 Å². The molecule has 0 aliphatic rings. The molecule has 0 radical (unpaired) electrons. The van der Waals surface area contributed by atoms with Gasteiger partial charge in [0.25, 0.3) is 0 Å². The molecule has 0 fully saturated rings. The molecular formula is C14H16ClFN2O. The lowest BCUT2D eigenvalue weighted by Crippen LogP contribution is -2.26. The number of carbonyl (C=O) groups excluding carboxylic acids is 1. The third kappa shape index (κ3) is 4.88. The Bertz CT molecular complexity index is 485. The molecule has 0 saturated heterocycles. The van der Waals surface area contributed by atoms with Crippen LogP contribution in [-0.2, 0) is 11.3 Å². The SMILES string of the molecule is CN(Cc1cc(C#N)ccc1F)C(=O)CCCCCl. The van der Waals surface area contributed by atoms with Gasteiger partial charge in [0.15, 0.2) is 0 Å². The Balaban J connectivity index is 2.63. The highest BCUT2D eigenvalue weighted by molar-refractivity contribution is 6.17. The lowest BCUT2D eigenvalue weighted by atomic mass is 10.1. The summed E-state index contributed by atoms with van der Waals surface area (Å²) in [6.07, 6.45) is 1.93. The number of halogens is 2. The fraction of sp³-hybridized carbons (Fsp3) is 0.429. The topological polar surface area (TPSA) is 44.1 Å². The molecule has 1 aromatic carbocycles. The van der Waals surface area contributed by atoms with Crippen LogP contribution >= 0.6 is 11.6 Å². The van der Waals surface area contributed by atoms with Crippen LogP contribution in [0.2, 0.25) is 0 Å². The molecular weight excluding hydrogens is 267 g/mol. The number of nitrogens with zero attached hydrogens (tertiary/aromatic N) is 2. The van der Waals surface area contributed by atoms with Gasteiger partial charge in [0.05, 0.1) is 11.6 Å². The molecule has 0 aliphatic heterocycles. The average molecular weight is 283 g/mol. The molecule has 19 heavy (non-hydrogen) atoms. The predicted octanol–water partition coefficient (Wildman–Crippen LogP) is 3.06. The maximum absolute atomic E-state index is 13.6. The quantitative estimate of drug-likeness (QED) is 0.594. The first-order valence-electron chi connectivity index (χ1n) is 6.07. The largest absolute Gasteiger partial charge is 0.341 e. The summed E-state index contributed by atoms with van der Waals surface area (Å²) in [6.45, 7) is 0.168. The number of carbonyl (C=O) groups is 1. The van der Waals surface area contributed by atoms with Crippen molar-refractivity contribution in [3.8, 4) is 6.07 Å². The van der Waals surface area contributed by atoms with Gasteiger partial charge < -0.3 is 4.90 Å². The number of nitriles is 1. The van der Waals surface area contributed by atoms with Gasteiger partial charge in [-0.05, 0) is 31.0 Å². The number of benzene rings is 1. The van der Waals surface area contributed by atoms with Gasteiger partial charge in [0.2, 0.25) is 5.91 Å². The van der Waals surface area contributed by atoms with Crippen LogP contribution in [0.4, 0.5) is 4.39 Å². The van der Waals surface area contributed by atoms with Crippen molar-refractivity contribution < 1.29 is 9.18 Å². The Labute approximate surface area is 117 Å². The number of hydrogen-bond donors (Lipinski definition) is 0. The highest BCUT2D eigenvalue weighted by atomic mass is 35.5. The van der Waals surface area contributed by atoms with Crippen LogP contribution < -0.4 is 0 Å². The lowest BCUT2D eigenvalue weighted by Gasteiger charge is -2.17. The van der Waals surface area contributed by atoms with Crippen molar-refractivity contribution >= 4 is 17.5 Å². The molecule has 102 valence electrons. The van der Waals surface area contributed by atoms with Crippen LogP contribution in [0.5, 0.6) is 0 Å². The van der Waals surface area contributed by atoms with Gasteiger partial charge in [-0.2, -0.15) is 5.26 Å². The minimum absolute atomic E-state index is 0.0492. The van der Waals surface area contributed by atoms with Gasteiger partial charge in [-0.3, -0.25) is 4.79 Å². The molecule has 0 spiro atoms. The zero-order chi connectivity index (χ0) is 14.3. The number of alkyl halides is 1. The minimum atomic E-state index is -0.403. The second kappa shape index (κ2) is 7.75. The van der Waals surface area contributed by atoms with Crippen molar-refractivity contribution in [3.63, 3.8) is 0 Å². The molecule has 1 aromatic rings. The summed E-state index contributed by atoms with van der Waals surface area (Å²) in [6, 6.07) is 6.09. The molecule has 0 atom stereocenters. The average Bonchev–Trinajstić information content (AvgIpc) is 2.41. The van der Waals surface area contributed by atoms with E-state index in [-0.39, 0.29) is 12.5 Å². The summed E-state index contributed by atoms with van der Waals surface area (Å²) < 4.78 is 13.6. The normalized spacial score (nSPS) is 10.0. The van der Waals surface area contributed by atoms with E-state index in [0.717, 1.165) is 12.8 Å². The zero-order valence-corrected chi connectivity index (χ0v) is 11.6. The molecule has 0 aliphatic carbocycles. The molecule has 1 rings (SSSR count). The third-order valence-corrected chi connectivity index (χ3v) is 3.05. The number of hydrogen-bond acceptors (Lipinski definition) is 2. The summed E-state index contributed by atoms with van der Waals surface area (Å²) in [4.78, 5) is 13.2. The van der Waals surface area contributed by atoms with Crippen molar-refractivity contribution in [3.05, 3.63) is 35.1 Å². The van der Waals surface area contributed by atoms with Crippen LogP contribution in [0, 0.1) is 17.1 Å². The zero-order valence-electron chi connectivity index (χ0n) is 10.8. The van der Waals surface area contributed by atoms with E-state index < -0.39 is 5.82 Å². The first-order valence-corrected chi connectivity index (χ1v) is 6.60. The van der Waals surface area contributed by atoms with Crippen LogP contribution in [0.25, 0.3) is 0 Å². The standard InChI is InChI=1S/C14H16ClFN2O/c1-18(14(19)4-2-3-7-15)10-12-8-11(9-17)5-6-13(12)16/h5-6,8H,2-4,7,10H2,1H3. The molecule has 0 heterocycles. The van der Waals surface area contributed by atoms with E-state index in [0.29, 0.717) is 23.4 Å². The Morgan fingerprint density at radius 3 is 2.84 bits per heavy atom. The maximum Gasteiger partial charge on any atom is 0.222 e. The summed E-state index contributed by atoms with van der Waals surface area (Å²) in [5.74, 6) is 0.0850. The highest BCUT2D eigenvalue weighted by Gasteiger charge is 2.12. The Morgan fingerprint density at radius 1 is 1.47 bits per heavy atom. The van der Waals surface area contributed by atoms with Gasteiger partial charge in [-0.1, -0.05) is 0 Å². The van der Waals surface area contributed by atoms with E-state index in [4.69, 9.17) is 16.9 Å². The highest BCUT2D eigenvalue weighted by Crippen LogP contribution is 2.13. The van der Waals surface area contributed by atoms with Crippen LogP contribution in [0.3, 0.4) is 0 Å². The van der Waals surface area contributed by atoms with Crippen molar-refractivity contribution in [2.24, 2.45) is 0 Å². The molecule has 0 aromatic heterocycles. The van der Waals surface area contributed by atoms with E-state index in [9.17, 15) is 9.18 Å². The van der Waals surface area contributed by atoms with Crippen LogP contribution in [0.1, 0.15) is 30.4 Å². The Hall–Kier alpha value is -1.60. The Morgan fingerprint density at radius 2 is 2.21 bits per heavy atom. The van der Waals surface area contributed by atoms with Crippen LogP contribution in [0.15, 0.2) is 18.2 Å². The van der Waals surface area contributed by atoms with E-state index >= 15 is 0 Å². The first kappa shape index (κ1) is 15.5. The maximum atomic E-state index is 13.6. The van der Waals surface area contributed by atoms with E-state index in [2.05, 4.69) is 0 Å². The fourth-order valence-corrected chi connectivity index (χ4v) is 1.86. The van der Waals surface area contributed by atoms with Gasteiger partial charge in [0.1, 0.15) is 5.82 Å². The molecule has 0 unspecified atom stereocenters. The van der Waals surface area contributed by atoms with E-state index in [1.54, 1.807) is 7.05 Å². The number of unbranched alkanes of at least 4 members (excludes halogenated alkanes) is 1. The number of rotatable bonds is 6. The number of amides is 1. The van der Waals surface area contributed by atoms with E-state index in [1.807, 2.05) is 6.07 Å². The first-order chi connectivity index (χ1) is 9.08. The monoisotopic (exact) mass is 282 g/mol. The Kier molecular flexibility index (Phi) is 6.31. The van der Waals surface area contributed by atoms with E-state index in [1.165, 1.54) is 23.1 Å². The summed E-state index contributed by atoms with van der Waals surface area (Å²) in [7, 11) is 1.63. The molecule has 3 nitrogen and oxygen atoms in total. The molecule has 0 N–H and O–H groups in total. The summed E-state index contributed by atoms with van der Waals surface area (Å²) in [5.41, 5.74) is 0.742. The molecule has 1 amide bonds. The summed E-state index contributed by atoms with van der Waals surface area (Å²) >= 11 is 5.54. The van der Waals surface area contributed by atoms with Gasteiger partial charge >= 0.3 is 0 Å². The van der Waals surface area contributed by atoms with Crippen molar-refractivity contribution in [1.82, 2.24) is 4.90 Å². The second-order valence-electron chi connectivity index (χ2n) is 4.31. The minimum Gasteiger partial charge on any atom is -0.341 e. The summed E-state index contributed by atoms with van der Waals surface area (Å²) in [5, 5.41) is 8.77. The van der Waals surface area contributed by atoms with Gasteiger partial charge in [-0.25, -0.2) is 4.39 Å².